The lowest BCUT2D eigenvalue weighted by Crippen LogP contribution is -2.34. The van der Waals surface area contributed by atoms with Crippen molar-refractivity contribution in [2.24, 2.45) is 0 Å². The molecule has 1 heterocycles. The Morgan fingerprint density at radius 1 is 1.43 bits per heavy atom. The third-order valence-corrected chi connectivity index (χ3v) is 5.07. The van der Waals surface area contributed by atoms with Crippen LogP contribution in [0, 0.1) is 0 Å². The predicted octanol–water partition coefficient (Wildman–Crippen LogP) is 2.46. The number of ether oxygens (including phenoxy) is 2. The summed E-state index contributed by atoms with van der Waals surface area (Å²) in [6, 6.07) is 4.96. The summed E-state index contributed by atoms with van der Waals surface area (Å²) in [7, 11) is -2.43. The molecule has 1 aliphatic heterocycles. The van der Waals surface area contributed by atoms with Crippen molar-refractivity contribution in [3.63, 3.8) is 0 Å². The molecule has 0 spiro atoms. The largest absolute Gasteiger partial charge is 0.464 e. The topological polar surface area (TPSA) is 65.1 Å². The van der Waals surface area contributed by atoms with E-state index in [0.29, 0.717) is 12.4 Å². The number of likely N-dealkylation sites (N-methyl/N-ethyl adjacent to an activating group) is 1. The molecule has 0 amide bonds. The summed E-state index contributed by atoms with van der Waals surface area (Å²) in [5, 5.41) is 0. The van der Waals surface area contributed by atoms with Crippen molar-refractivity contribution in [2.75, 3.05) is 20.2 Å². The Balaban J connectivity index is 2.27. The van der Waals surface area contributed by atoms with E-state index in [0.717, 1.165) is 9.87 Å². The molecule has 1 unspecified atom stereocenters. The highest BCUT2D eigenvalue weighted by molar-refractivity contribution is 7.84. The monoisotopic (exact) mass is 341 g/mol. The molecular formula is C16H23NO5S. The van der Waals surface area contributed by atoms with Crippen LogP contribution in [0.25, 0.3) is 0 Å². The van der Waals surface area contributed by atoms with Crippen LogP contribution in [0.4, 0.5) is 0 Å². The number of hydrogen-bond donors (Lipinski definition) is 0. The number of hydrogen-bond acceptors (Lipinski definition) is 5. The van der Waals surface area contributed by atoms with Gasteiger partial charge in [-0.25, -0.2) is 0 Å². The van der Waals surface area contributed by atoms with Gasteiger partial charge in [0.1, 0.15) is 11.5 Å². The van der Waals surface area contributed by atoms with Crippen molar-refractivity contribution in [3.8, 4) is 11.5 Å². The molecule has 1 atom stereocenters. The van der Waals surface area contributed by atoms with Gasteiger partial charge < -0.3 is 13.7 Å². The predicted molar refractivity (Wildman–Crippen MR) is 87.9 cm³/mol. The molecule has 0 aromatic heterocycles. The van der Waals surface area contributed by atoms with E-state index in [-0.39, 0.29) is 12.3 Å². The summed E-state index contributed by atoms with van der Waals surface area (Å²) < 4.78 is 41.9. The molecular weight excluding hydrogens is 318 g/mol. The van der Waals surface area contributed by atoms with Crippen LogP contribution in [0.1, 0.15) is 26.3 Å². The highest BCUT2D eigenvalue weighted by Crippen LogP contribution is 2.44. The molecule has 1 aromatic carbocycles. The lowest BCUT2D eigenvalue weighted by Gasteiger charge is -2.25. The third kappa shape index (κ3) is 3.52. The maximum atomic E-state index is 12.1. The van der Waals surface area contributed by atoms with Gasteiger partial charge in [0.05, 0.1) is 5.41 Å². The summed E-state index contributed by atoms with van der Waals surface area (Å²) >= 11 is 0. The van der Waals surface area contributed by atoms with Crippen LogP contribution in [0.3, 0.4) is 0 Å². The van der Waals surface area contributed by atoms with Crippen molar-refractivity contribution in [1.82, 2.24) is 4.31 Å². The first-order chi connectivity index (χ1) is 10.7. The van der Waals surface area contributed by atoms with Crippen molar-refractivity contribution in [3.05, 3.63) is 36.4 Å². The minimum Gasteiger partial charge on any atom is -0.464 e. The van der Waals surface area contributed by atoms with Gasteiger partial charge in [0.15, 0.2) is 0 Å². The normalized spacial score (nSPS) is 19.3. The number of benzene rings is 1. The van der Waals surface area contributed by atoms with Crippen LogP contribution in [0.5, 0.6) is 11.5 Å². The first kappa shape index (κ1) is 17.8. The zero-order valence-corrected chi connectivity index (χ0v) is 14.7. The van der Waals surface area contributed by atoms with E-state index >= 15 is 0 Å². The molecule has 2 rings (SSSR count). The van der Waals surface area contributed by atoms with E-state index in [1.807, 2.05) is 20.8 Å². The van der Waals surface area contributed by atoms with Crippen molar-refractivity contribution in [2.45, 2.75) is 32.5 Å². The van der Waals surface area contributed by atoms with E-state index < -0.39 is 22.0 Å². The Morgan fingerprint density at radius 3 is 2.74 bits per heavy atom. The number of fused-ring (bicyclic) bond motifs is 1. The SMILES string of the molecule is C=CCN(C)S(=O)(=O)Oc1ccc2c(c1)C(C)(C)C(OCC)O2. The van der Waals surface area contributed by atoms with Gasteiger partial charge in [-0.15, -0.1) is 6.58 Å². The van der Waals surface area contributed by atoms with Crippen LogP contribution in [0.15, 0.2) is 30.9 Å². The lowest BCUT2D eigenvalue weighted by atomic mass is 9.85. The van der Waals surface area contributed by atoms with Gasteiger partial charge in [0, 0.05) is 25.8 Å². The lowest BCUT2D eigenvalue weighted by molar-refractivity contribution is -0.0981. The Hall–Kier alpha value is -1.57. The van der Waals surface area contributed by atoms with Crippen molar-refractivity contribution < 1.29 is 22.1 Å². The second kappa shape index (κ2) is 6.51. The molecule has 0 radical (unpaired) electrons. The van der Waals surface area contributed by atoms with Gasteiger partial charge in [0.2, 0.25) is 6.29 Å². The van der Waals surface area contributed by atoms with Crippen LogP contribution >= 0.6 is 0 Å². The Kier molecular flexibility index (Phi) is 5.03. The van der Waals surface area contributed by atoms with E-state index in [9.17, 15) is 8.42 Å². The van der Waals surface area contributed by atoms with Crippen LogP contribution < -0.4 is 8.92 Å². The van der Waals surface area contributed by atoms with E-state index in [1.165, 1.54) is 13.1 Å². The Morgan fingerprint density at radius 2 is 2.13 bits per heavy atom. The molecule has 0 saturated carbocycles. The smallest absolute Gasteiger partial charge is 0.385 e. The molecule has 128 valence electrons. The quantitative estimate of drug-likeness (QED) is 0.713. The van der Waals surface area contributed by atoms with E-state index in [1.54, 1.807) is 18.2 Å². The summed E-state index contributed by atoms with van der Waals surface area (Å²) in [5.74, 6) is 0.922. The van der Waals surface area contributed by atoms with Crippen LogP contribution in [0.2, 0.25) is 0 Å². The molecule has 0 aliphatic carbocycles. The maximum absolute atomic E-state index is 12.1. The summed E-state index contributed by atoms with van der Waals surface area (Å²) in [4.78, 5) is 0. The molecule has 0 N–H and O–H groups in total. The van der Waals surface area contributed by atoms with Gasteiger partial charge in [-0.1, -0.05) is 6.08 Å². The van der Waals surface area contributed by atoms with Crippen molar-refractivity contribution >= 4 is 10.3 Å². The Labute approximate surface area is 137 Å². The average molecular weight is 341 g/mol. The summed E-state index contributed by atoms with van der Waals surface area (Å²) in [5.41, 5.74) is 0.455. The average Bonchev–Trinajstić information content (AvgIpc) is 2.71. The second-order valence-electron chi connectivity index (χ2n) is 5.89. The molecule has 0 saturated heterocycles. The number of rotatable bonds is 7. The van der Waals surface area contributed by atoms with Gasteiger partial charge >= 0.3 is 10.3 Å². The van der Waals surface area contributed by atoms with Gasteiger partial charge in [0.25, 0.3) is 0 Å². The fraction of sp³-hybridized carbons (Fsp3) is 0.500. The second-order valence-corrected chi connectivity index (χ2v) is 7.54. The fourth-order valence-electron chi connectivity index (χ4n) is 2.41. The van der Waals surface area contributed by atoms with Crippen molar-refractivity contribution in [1.29, 1.82) is 0 Å². The molecule has 0 bridgehead atoms. The standard InChI is InChI=1S/C16H23NO5S/c1-6-10-17(5)23(18,19)22-12-8-9-14-13(11-12)16(3,4)15(21-14)20-7-2/h6,8-9,11,15H,1,7,10H2,2-5H3. The van der Waals surface area contributed by atoms with Crippen LogP contribution in [-0.2, 0) is 20.5 Å². The van der Waals surface area contributed by atoms with E-state index in [4.69, 9.17) is 13.7 Å². The Bertz CT molecular complexity index is 684. The highest BCUT2D eigenvalue weighted by Gasteiger charge is 2.42. The molecule has 1 aromatic rings. The molecule has 23 heavy (non-hydrogen) atoms. The minimum absolute atomic E-state index is 0.175. The molecule has 0 fully saturated rings. The first-order valence-electron chi connectivity index (χ1n) is 7.41. The minimum atomic E-state index is -3.86. The molecule has 1 aliphatic rings. The summed E-state index contributed by atoms with van der Waals surface area (Å²) in [6.45, 7) is 10.1. The van der Waals surface area contributed by atoms with Crippen LogP contribution in [-0.4, -0.2) is 39.2 Å². The van der Waals surface area contributed by atoms with Gasteiger partial charge in [-0.2, -0.15) is 12.7 Å². The van der Waals surface area contributed by atoms with E-state index in [2.05, 4.69) is 6.58 Å². The fourth-order valence-corrected chi connectivity index (χ4v) is 3.17. The molecule has 7 heteroatoms. The number of nitrogens with zero attached hydrogens (tertiary/aromatic N) is 1. The maximum Gasteiger partial charge on any atom is 0.385 e. The van der Waals surface area contributed by atoms with Gasteiger partial charge in [-0.05, 0) is 39.0 Å². The third-order valence-electron chi connectivity index (χ3n) is 3.76. The zero-order chi connectivity index (χ0) is 17.3. The highest BCUT2D eigenvalue weighted by atomic mass is 32.2. The first-order valence-corrected chi connectivity index (χ1v) is 8.78. The summed E-state index contributed by atoms with van der Waals surface area (Å²) in [6.07, 6.45) is 1.09. The molecule has 6 nitrogen and oxygen atoms in total. The van der Waals surface area contributed by atoms with Gasteiger partial charge in [-0.3, -0.25) is 0 Å². The zero-order valence-electron chi connectivity index (χ0n) is 13.9.